The predicted octanol–water partition coefficient (Wildman–Crippen LogP) is 5.04. The molecule has 0 aliphatic heterocycles. The summed E-state index contributed by atoms with van der Waals surface area (Å²) in [6.45, 7) is 2.01. The first kappa shape index (κ1) is 18.9. The molecule has 1 N–H and O–H groups in total. The van der Waals surface area contributed by atoms with Crippen LogP contribution in [0, 0.1) is 6.92 Å². The van der Waals surface area contributed by atoms with Crippen molar-refractivity contribution in [1.29, 1.82) is 0 Å². The van der Waals surface area contributed by atoms with Gasteiger partial charge in [0.1, 0.15) is 11.4 Å². The van der Waals surface area contributed by atoms with Crippen molar-refractivity contribution in [3.05, 3.63) is 131 Å². The van der Waals surface area contributed by atoms with Crippen molar-refractivity contribution in [1.82, 2.24) is 9.55 Å². The lowest BCUT2D eigenvalue weighted by molar-refractivity contribution is 0.343. The minimum atomic E-state index is -0.598. The van der Waals surface area contributed by atoms with Gasteiger partial charge in [0.15, 0.2) is 0 Å². The lowest BCUT2D eigenvalue weighted by Crippen LogP contribution is -2.39. The van der Waals surface area contributed by atoms with E-state index in [1.54, 1.807) is 6.08 Å². The minimum Gasteiger partial charge on any atom is -0.392 e. The minimum absolute atomic E-state index is 0.0146. The second-order valence-electron chi connectivity index (χ2n) is 6.96. The monoisotopic (exact) mass is 380 g/mol. The zero-order valence-corrected chi connectivity index (χ0v) is 16.4. The molecule has 144 valence electrons. The molecule has 3 heteroatoms. The molecule has 0 saturated carbocycles. The Kier molecular flexibility index (Phi) is 5.41. The summed E-state index contributed by atoms with van der Waals surface area (Å²) in [5.41, 5.74) is 3.79. The fourth-order valence-electron chi connectivity index (χ4n) is 4.11. The zero-order chi connectivity index (χ0) is 20.1. The summed E-state index contributed by atoms with van der Waals surface area (Å²) in [4.78, 5) is 4.64. The summed E-state index contributed by atoms with van der Waals surface area (Å²) < 4.78 is 2.26. The predicted molar refractivity (Wildman–Crippen MR) is 118 cm³/mol. The molecular formula is C26H24N2O. The first-order valence-electron chi connectivity index (χ1n) is 9.77. The molecule has 1 aromatic heterocycles. The first-order valence-corrected chi connectivity index (χ1v) is 9.77. The SMILES string of the molecule is Cc1ncc(C=CCO)n1C(c1ccccc1)(c1ccccc1)c1ccccc1. The number of aliphatic hydroxyl groups is 1. The molecule has 0 fully saturated rings. The number of nitrogens with zero attached hydrogens (tertiary/aromatic N) is 2. The average molecular weight is 380 g/mol. The Bertz CT molecular complexity index is 987. The van der Waals surface area contributed by atoms with Gasteiger partial charge < -0.3 is 9.67 Å². The van der Waals surface area contributed by atoms with Gasteiger partial charge in [-0.1, -0.05) is 97.1 Å². The van der Waals surface area contributed by atoms with Gasteiger partial charge in [0.05, 0.1) is 18.5 Å². The lowest BCUT2D eigenvalue weighted by atomic mass is 9.76. The molecule has 0 unspecified atom stereocenters. The third kappa shape index (κ3) is 3.30. The third-order valence-electron chi connectivity index (χ3n) is 5.27. The molecular weight excluding hydrogens is 356 g/mol. The maximum absolute atomic E-state index is 9.36. The topological polar surface area (TPSA) is 38.1 Å². The molecule has 0 saturated heterocycles. The maximum Gasteiger partial charge on any atom is 0.122 e. The van der Waals surface area contributed by atoms with E-state index in [-0.39, 0.29) is 6.61 Å². The number of imidazole rings is 1. The molecule has 0 aliphatic rings. The molecule has 4 rings (SSSR count). The Morgan fingerprint density at radius 1 is 0.793 bits per heavy atom. The molecule has 0 amide bonds. The fraction of sp³-hybridized carbons (Fsp3) is 0.115. The van der Waals surface area contributed by atoms with E-state index in [0.717, 1.165) is 28.2 Å². The van der Waals surface area contributed by atoms with Crippen LogP contribution in [0.4, 0.5) is 0 Å². The van der Waals surface area contributed by atoms with Crippen LogP contribution in [0.15, 0.2) is 103 Å². The Balaban J connectivity index is 2.16. The van der Waals surface area contributed by atoms with Crippen LogP contribution >= 0.6 is 0 Å². The van der Waals surface area contributed by atoms with Crippen LogP contribution in [0.25, 0.3) is 6.08 Å². The number of aromatic nitrogens is 2. The Hall–Kier alpha value is -3.43. The second kappa shape index (κ2) is 8.29. The van der Waals surface area contributed by atoms with Gasteiger partial charge in [0.2, 0.25) is 0 Å². The van der Waals surface area contributed by atoms with Crippen LogP contribution in [0.2, 0.25) is 0 Å². The normalized spacial score (nSPS) is 11.8. The number of hydrogen-bond acceptors (Lipinski definition) is 2. The van der Waals surface area contributed by atoms with E-state index < -0.39 is 5.54 Å². The fourth-order valence-corrected chi connectivity index (χ4v) is 4.11. The van der Waals surface area contributed by atoms with Crippen molar-refractivity contribution in [2.75, 3.05) is 6.61 Å². The molecule has 0 spiro atoms. The molecule has 0 aliphatic carbocycles. The van der Waals surface area contributed by atoms with Crippen molar-refractivity contribution in [2.24, 2.45) is 0 Å². The van der Waals surface area contributed by atoms with Gasteiger partial charge in [-0.05, 0) is 29.7 Å². The summed E-state index contributed by atoms with van der Waals surface area (Å²) in [6, 6.07) is 31.6. The van der Waals surface area contributed by atoms with Crippen LogP contribution < -0.4 is 0 Å². The maximum atomic E-state index is 9.36. The van der Waals surface area contributed by atoms with Crippen molar-refractivity contribution in [2.45, 2.75) is 12.5 Å². The molecule has 3 aromatic carbocycles. The summed E-state index contributed by atoms with van der Waals surface area (Å²) >= 11 is 0. The quantitative estimate of drug-likeness (QED) is 0.476. The van der Waals surface area contributed by atoms with E-state index in [4.69, 9.17) is 0 Å². The van der Waals surface area contributed by atoms with Gasteiger partial charge in [0, 0.05) is 0 Å². The number of aliphatic hydroxyl groups excluding tert-OH is 1. The summed E-state index contributed by atoms with van der Waals surface area (Å²) in [7, 11) is 0. The Morgan fingerprint density at radius 3 is 1.66 bits per heavy atom. The highest BCUT2D eigenvalue weighted by Crippen LogP contribution is 2.42. The summed E-state index contributed by atoms with van der Waals surface area (Å²) in [5, 5.41) is 9.36. The van der Waals surface area contributed by atoms with Crippen molar-refractivity contribution in [3.8, 4) is 0 Å². The number of rotatable bonds is 6. The Labute approximate surface area is 171 Å². The van der Waals surface area contributed by atoms with Gasteiger partial charge in [-0.15, -0.1) is 0 Å². The van der Waals surface area contributed by atoms with Gasteiger partial charge in [0.25, 0.3) is 0 Å². The zero-order valence-electron chi connectivity index (χ0n) is 16.4. The van der Waals surface area contributed by atoms with Crippen LogP contribution in [-0.4, -0.2) is 21.3 Å². The standard InChI is InChI=1S/C26H24N2O/c1-21-27-20-25(18-11-19-29)28(21)26(22-12-5-2-6-13-22,23-14-7-3-8-15-23)24-16-9-4-10-17-24/h2-18,20,29H,19H2,1H3. The highest BCUT2D eigenvalue weighted by Gasteiger charge is 2.40. The van der Waals surface area contributed by atoms with Crippen molar-refractivity contribution >= 4 is 6.08 Å². The molecule has 1 heterocycles. The van der Waals surface area contributed by atoms with Crippen molar-refractivity contribution < 1.29 is 5.11 Å². The van der Waals surface area contributed by atoms with Crippen LogP contribution in [0.3, 0.4) is 0 Å². The van der Waals surface area contributed by atoms with Crippen LogP contribution in [0.5, 0.6) is 0 Å². The number of benzene rings is 3. The van der Waals surface area contributed by atoms with E-state index in [2.05, 4.69) is 82.3 Å². The summed E-state index contributed by atoms with van der Waals surface area (Å²) in [5.74, 6) is 0.902. The van der Waals surface area contributed by atoms with Crippen molar-refractivity contribution in [3.63, 3.8) is 0 Å². The van der Waals surface area contributed by atoms with Crippen LogP contribution in [-0.2, 0) is 5.54 Å². The smallest absolute Gasteiger partial charge is 0.122 e. The highest BCUT2D eigenvalue weighted by atomic mass is 16.2. The molecule has 0 radical (unpaired) electrons. The molecule has 4 aromatic rings. The van der Waals surface area contributed by atoms with E-state index in [0.29, 0.717) is 0 Å². The van der Waals surface area contributed by atoms with Gasteiger partial charge in [-0.25, -0.2) is 4.98 Å². The van der Waals surface area contributed by atoms with Gasteiger partial charge in [-0.3, -0.25) is 0 Å². The largest absolute Gasteiger partial charge is 0.392 e. The molecule has 0 bridgehead atoms. The second-order valence-corrected chi connectivity index (χ2v) is 6.96. The third-order valence-corrected chi connectivity index (χ3v) is 5.27. The molecule has 29 heavy (non-hydrogen) atoms. The van der Waals surface area contributed by atoms with Gasteiger partial charge in [-0.2, -0.15) is 0 Å². The first-order chi connectivity index (χ1) is 14.3. The number of aryl methyl sites for hydroxylation is 1. The summed E-state index contributed by atoms with van der Waals surface area (Å²) in [6.07, 6.45) is 5.55. The van der Waals surface area contributed by atoms with E-state index in [1.165, 1.54) is 0 Å². The highest BCUT2D eigenvalue weighted by molar-refractivity contribution is 5.55. The average Bonchev–Trinajstić information content (AvgIpc) is 3.16. The van der Waals surface area contributed by atoms with E-state index in [1.807, 2.05) is 37.4 Å². The Morgan fingerprint density at radius 2 is 1.24 bits per heavy atom. The number of hydrogen-bond donors (Lipinski definition) is 1. The lowest BCUT2D eigenvalue weighted by Gasteiger charge is -2.39. The molecule has 3 nitrogen and oxygen atoms in total. The van der Waals surface area contributed by atoms with Crippen LogP contribution in [0.1, 0.15) is 28.2 Å². The van der Waals surface area contributed by atoms with Gasteiger partial charge >= 0.3 is 0 Å². The van der Waals surface area contributed by atoms with E-state index >= 15 is 0 Å². The van der Waals surface area contributed by atoms with E-state index in [9.17, 15) is 5.11 Å². The molecule has 0 atom stereocenters.